The van der Waals surface area contributed by atoms with E-state index < -0.39 is 10.0 Å². The molecule has 0 radical (unpaired) electrons. The molecule has 6 heteroatoms. The van der Waals surface area contributed by atoms with E-state index in [1.54, 1.807) is 25.3 Å². The third-order valence-corrected chi connectivity index (χ3v) is 5.43. The molecule has 0 unspecified atom stereocenters. The molecule has 126 valence electrons. The number of aryl methyl sites for hydroxylation is 2. The molecule has 5 nitrogen and oxygen atoms in total. The lowest BCUT2D eigenvalue weighted by Gasteiger charge is -2.07. The summed E-state index contributed by atoms with van der Waals surface area (Å²) in [5.74, 6) is 0.747. The molecule has 3 aromatic rings. The highest BCUT2D eigenvalue weighted by Crippen LogP contribution is 2.25. The molecule has 0 aliphatic rings. The maximum Gasteiger partial charge on any atom is 0.240 e. The molecule has 1 aromatic heterocycles. The fourth-order valence-electron chi connectivity index (χ4n) is 2.76. The van der Waals surface area contributed by atoms with Crippen LogP contribution >= 0.6 is 0 Å². The van der Waals surface area contributed by atoms with Crippen LogP contribution < -0.4 is 9.46 Å². The number of fused-ring (bicyclic) bond motifs is 1. The Morgan fingerprint density at radius 1 is 1.17 bits per heavy atom. The molecule has 0 aliphatic carbocycles. The molecule has 24 heavy (non-hydrogen) atoms. The van der Waals surface area contributed by atoms with Gasteiger partial charge in [0.25, 0.3) is 0 Å². The Morgan fingerprint density at radius 2 is 1.96 bits per heavy atom. The first-order chi connectivity index (χ1) is 11.4. The van der Waals surface area contributed by atoms with E-state index in [-0.39, 0.29) is 11.4 Å². The van der Waals surface area contributed by atoms with Crippen molar-refractivity contribution in [1.29, 1.82) is 0 Å². The van der Waals surface area contributed by atoms with Gasteiger partial charge < -0.3 is 9.30 Å². The molecule has 0 aliphatic heterocycles. The lowest BCUT2D eigenvalue weighted by atomic mass is 10.1. The Bertz CT molecular complexity index is 991. The molecular weight excluding hydrogens is 324 g/mol. The number of benzene rings is 2. The van der Waals surface area contributed by atoms with Crippen LogP contribution in [0.2, 0.25) is 0 Å². The fourth-order valence-corrected chi connectivity index (χ4v) is 3.87. The van der Waals surface area contributed by atoms with Crippen molar-refractivity contribution in [2.75, 3.05) is 7.11 Å². The predicted molar refractivity (Wildman–Crippen MR) is 94.7 cm³/mol. The van der Waals surface area contributed by atoms with E-state index >= 15 is 0 Å². The second kappa shape index (κ2) is 6.30. The number of methoxy groups -OCH3 is 1. The second-order valence-corrected chi connectivity index (χ2v) is 7.56. The molecule has 2 aromatic carbocycles. The Morgan fingerprint density at radius 3 is 2.67 bits per heavy atom. The van der Waals surface area contributed by atoms with Crippen molar-refractivity contribution < 1.29 is 13.2 Å². The first-order valence-electron chi connectivity index (χ1n) is 7.59. The van der Waals surface area contributed by atoms with Crippen LogP contribution in [0, 0.1) is 6.92 Å². The van der Waals surface area contributed by atoms with Gasteiger partial charge in [-0.1, -0.05) is 12.1 Å². The van der Waals surface area contributed by atoms with Crippen molar-refractivity contribution in [1.82, 2.24) is 9.29 Å². The van der Waals surface area contributed by atoms with Crippen LogP contribution in [0.4, 0.5) is 0 Å². The smallest absolute Gasteiger partial charge is 0.240 e. The summed E-state index contributed by atoms with van der Waals surface area (Å²) in [7, 11) is 0.00661. The van der Waals surface area contributed by atoms with Crippen molar-refractivity contribution >= 4 is 20.9 Å². The topological polar surface area (TPSA) is 60.3 Å². The average molecular weight is 344 g/mol. The summed E-state index contributed by atoms with van der Waals surface area (Å²) < 4.78 is 34.9. The standard InChI is InChI=1S/C18H20N2O3S/c1-13-5-4-6-16(9-13)24(21,22)19-11-14-12-20(2)18-8-7-15(23-3)10-17(14)18/h4-10,12,19H,11H2,1-3H3. The molecule has 0 bridgehead atoms. The molecule has 0 saturated heterocycles. The first-order valence-corrected chi connectivity index (χ1v) is 9.07. The van der Waals surface area contributed by atoms with E-state index in [0.29, 0.717) is 0 Å². The van der Waals surface area contributed by atoms with E-state index in [4.69, 9.17) is 4.74 Å². The third kappa shape index (κ3) is 3.16. The zero-order valence-corrected chi connectivity index (χ0v) is 14.7. The molecule has 0 fully saturated rings. The SMILES string of the molecule is COc1ccc2c(c1)c(CNS(=O)(=O)c1cccc(C)c1)cn2C. The van der Waals surface area contributed by atoms with Gasteiger partial charge in [0.2, 0.25) is 10.0 Å². The van der Waals surface area contributed by atoms with Crippen LogP contribution in [-0.2, 0) is 23.6 Å². The van der Waals surface area contributed by atoms with Gasteiger partial charge in [0.1, 0.15) is 5.75 Å². The van der Waals surface area contributed by atoms with Crippen LogP contribution in [-0.4, -0.2) is 20.1 Å². The average Bonchev–Trinajstić information content (AvgIpc) is 2.88. The van der Waals surface area contributed by atoms with Crippen LogP contribution in [0.1, 0.15) is 11.1 Å². The quantitative estimate of drug-likeness (QED) is 0.774. The normalized spacial score (nSPS) is 11.8. The van der Waals surface area contributed by atoms with Gasteiger partial charge in [0.15, 0.2) is 0 Å². The van der Waals surface area contributed by atoms with Gasteiger partial charge in [-0.15, -0.1) is 0 Å². The Hall–Kier alpha value is -2.31. The van der Waals surface area contributed by atoms with Gasteiger partial charge in [-0.05, 0) is 48.4 Å². The molecule has 0 spiro atoms. The van der Waals surface area contributed by atoms with Crippen LogP contribution in [0.15, 0.2) is 53.6 Å². The molecule has 3 rings (SSSR count). The van der Waals surface area contributed by atoms with E-state index in [1.807, 2.05) is 49.0 Å². The summed E-state index contributed by atoms with van der Waals surface area (Å²) in [6.45, 7) is 2.09. The summed E-state index contributed by atoms with van der Waals surface area (Å²) in [6.07, 6.45) is 1.93. The second-order valence-electron chi connectivity index (χ2n) is 5.79. The summed E-state index contributed by atoms with van der Waals surface area (Å²) in [6, 6.07) is 12.7. The fraction of sp³-hybridized carbons (Fsp3) is 0.222. The van der Waals surface area contributed by atoms with Crippen LogP contribution in [0.25, 0.3) is 10.9 Å². The number of nitrogens with one attached hydrogen (secondary N) is 1. The highest BCUT2D eigenvalue weighted by atomic mass is 32.2. The van der Waals surface area contributed by atoms with Gasteiger partial charge in [-0.2, -0.15) is 0 Å². The highest BCUT2D eigenvalue weighted by molar-refractivity contribution is 7.89. The monoisotopic (exact) mass is 344 g/mol. The summed E-state index contributed by atoms with van der Waals surface area (Å²) >= 11 is 0. The minimum atomic E-state index is -3.55. The Kier molecular flexibility index (Phi) is 4.34. The van der Waals surface area contributed by atoms with Crippen molar-refractivity contribution in [2.24, 2.45) is 7.05 Å². The van der Waals surface area contributed by atoms with E-state index in [1.165, 1.54) is 0 Å². The zero-order valence-electron chi connectivity index (χ0n) is 13.9. The van der Waals surface area contributed by atoms with Gasteiger partial charge in [-0.25, -0.2) is 13.1 Å². The Labute approximate surface area is 141 Å². The molecule has 1 N–H and O–H groups in total. The number of hydrogen-bond acceptors (Lipinski definition) is 3. The van der Waals surface area contributed by atoms with E-state index in [0.717, 1.165) is 27.8 Å². The van der Waals surface area contributed by atoms with Crippen molar-refractivity contribution in [3.8, 4) is 5.75 Å². The van der Waals surface area contributed by atoms with Gasteiger partial charge in [-0.3, -0.25) is 0 Å². The van der Waals surface area contributed by atoms with Crippen LogP contribution in [0.5, 0.6) is 5.75 Å². The van der Waals surface area contributed by atoms with Crippen LogP contribution in [0.3, 0.4) is 0 Å². The van der Waals surface area contributed by atoms with Gasteiger partial charge >= 0.3 is 0 Å². The maximum absolute atomic E-state index is 12.5. The molecular formula is C18H20N2O3S. The number of sulfonamides is 1. The molecule has 0 atom stereocenters. The minimum Gasteiger partial charge on any atom is -0.497 e. The Balaban J connectivity index is 1.90. The van der Waals surface area contributed by atoms with E-state index in [2.05, 4.69) is 4.72 Å². The molecule has 0 amide bonds. The van der Waals surface area contributed by atoms with Crippen molar-refractivity contribution in [3.05, 3.63) is 59.8 Å². The van der Waals surface area contributed by atoms with Gasteiger partial charge in [0, 0.05) is 30.7 Å². The number of nitrogens with zero attached hydrogens (tertiary/aromatic N) is 1. The summed E-state index contributed by atoms with van der Waals surface area (Å²) in [4.78, 5) is 0.278. The number of aromatic nitrogens is 1. The third-order valence-electron chi connectivity index (χ3n) is 4.03. The maximum atomic E-state index is 12.5. The lowest BCUT2D eigenvalue weighted by Crippen LogP contribution is -2.23. The minimum absolute atomic E-state index is 0.223. The summed E-state index contributed by atoms with van der Waals surface area (Å²) in [5, 5.41) is 0.976. The molecule has 0 saturated carbocycles. The van der Waals surface area contributed by atoms with Gasteiger partial charge in [0.05, 0.1) is 12.0 Å². The number of ether oxygens (including phenoxy) is 1. The number of hydrogen-bond donors (Lipinski definition) is 1. The first kappa shape index (κ1) is 16.5. The number of rotatable bonds is 5. The zero-order chi connectivity index (χ0) is 17.3. The summed E-state index contributed by atoms with van der Waals surface area (Å²) in [5.41, 5.74) is 2.84. The largest absolute Gasteiger partial charge is 0.497 e. The highest BCUT2D eigenvalue weighted by Gasteiger charge is 2.15. The van der Waals surface area contributed by atoms with Crippen molar-refractivity contribution in [3.63, 3.8) is 0 Å². The van der Waals surface area contributed by atoms with E-state index in [9.17, 15) is 8.42 Å². The molecule has 1 heterocycles. The lowest BCUT2D eigenvalue weighted by molar-refractivity contribution is 0.415. The predicted octanol–water partition coefficient (Wildman–Crippen LogP) is 2.97. The van der Waals surface area contributed by atoms with Crippen molar-refractivity contribution in [2.45, 2.75) is 18.4 Å².